The molecule has 21 heavy (non-hydrogen) atoms. The quantitative estimate of drug-likeness (QED) is 0.862. The summed E-state index contributed by atoms with van der Waals surface area (Å²) in [5.74, 6) is 0.906. The van der Waals surface area contributed by atoms with Crippen molar-refractivity contribution in [3.05, 3.63) is 22.5 Å². The SMILES string of the molecule is Cc1cn2c(CNCCC3CCN(C)CC3)c(C)nc2s1. The molecule has 1 fully saturated rings. The van der Waals surface area contributed by atoms with Crippen LogP contribution < -0.4 is 5.32 Å². The maximum atomic E-state index is 4.65. The van der Waals surface area contributed by atoms with E-state index in [1.54, 1.807) is 11.3 Å². The van der Waals surface area contributed by atoms with Crippen LogP contribution in [0, 0.1) is 19.8 Å². The maximum Gasteiger partial charge on any atom is 0.194 e. The summed E-state index contributed by atoms with van der Waals surface area (Å²) >= 11 is 1.77. The van der Waals surface area contributed by atoms with E-state index >= 15 is 0 Å². The number of hydrogen-bond acceptors (Lipinski definition) is 4. The van der Waals surface area contributed by atoms with Crippen molar-refractivity contribution in [2.45, 2.75) is 39.7 Å². The average Bonchev–Trinajstić information content (AvgIpc) is 2.93. The van der Waals surface area contributed by atoms with Gasteiger partial charge in [-0.25, -0.2) is 4.98 Å². The second kappa shape index (κ2) is 6.46. The van der Waals surface area contributed by atoms with E-state index in [4.69, 9.17) is 0 Å². The van der Waals surface area contributed by atoms with Crippen LogP contribution in [0.1, 0.15) is 35.5 Å². The van der Waals surface area contributed by atoms with Crippen molar-refractivity contribution in [1.82, 2.24) is 19.6 Å². The number of fused-ring (bicyclic) bond motifs is 1. The number of likely N-dealkylation sites (tertiary alicyclic amines) is 1. The minimum Gasteiger partial charge on any atom is -0.311 e. The summed E-state index contributed by atoms with van der Waals surface area (Å²) < 4.78 is 2.25. The van der Waals surface area contributed by atoms with Gasteiger partial charge >= 0.3 is 0 Å². The number of nitrogens with zero attached hydrogens (tertiary/aromatic N) is 3. The van der Waals surface area contributed by atoms with E-state index in [2.05, 4.69) is 46.7 Å². The molecular weight excluding hydrogens is 280 g/mol. The van der Waals surface area contributed by atoms with Crippen LogP contribution in [0.15, 0.2) is 6.20 Å². The Balaban J connectivity index is 1.49. The van der Waals surface area contributed by atoms with Gasteiger partial charge in [0.2, 0.25) is 0 Å². The first-order chi connectivity index (χ1) is 10.1. The standard InChI is InChI=1S/C16H26N4S/c1-12-11-20-15(13(2)18-16(20)21-12)10-17-7-4-14-5-8-19(3)9-6-14/h11,14,17H,4-10H2,1-3H3. The van der Waals surface area contributed by atoms with Gasteiger partial charge in [0.1, 0.15) is 0 Å². The van der Waals surface area contributed by atoms with Gasteiger partial charge in [0, 0.05) is 17.6 Å². The number of imidazole rings is 1. The van der Waals surface area contributed by atoms with Gasteiger partial charge in [-0.1, -0.05) is 0 Å². The Labute approximate surface area is 131 Å². The Kier molecular flexibility index (Phi) is 4.62. The molecule has 0 spiro atoms. The Morgan fingerprint density at radius 1 is 1.33 bits per heavy atom. The first-order valence-corrected chi connectivity index (χ1v) is 8.78. The molecule has 5 heteroatoms. The van der Waals surface area contributed by atoms with Crippen LogP contribution in [0.25, 0.3) is 4.96 Å². The zero-order valence-electron chi connectivity index (χ0n) is 13.4. The van der Waals surface area contributed by atoms with Gasteiger partial charge in [-0.05, 0) is 65.7 Å². The smallest absolute Gasteiger partial charge is 0.194 e. The highest BCUT2D eigenvalue weighted by Gasteiger charge is 2.16. The van der Waals surface area contributed by atoms with Crippen LogP contribution in [0.3, 0.4) is 0 Å². The number of thiazole rings is 1. The third-order valence-electron chi connectivity index (χ3n) is 4.60. The molecule has 1 N–H and O–H groups in total. The molecule has 4 nitrogen and oxygen atoms in total. The largest absolute Gasteiger partial charge is 0.311 e. The van der Waals surface area contributed by atoms with Gasteiger partial charge in [0.05, 0.1) is 11.4 Å². The van der Waals surface area contributed by atoms with Crippen molar-refractivity contribution in [3.8, 4) is 0 Å². The molecule has 3 rings (SSSR count). The molecule has 1 aliphatic rings. The lowest BCUT2D eigenvalue weighted by Crippen LogP contribution is -2.31. The zero-order valence-corrected chi connectivity index (χ0v) is 14.2. The highest BCUT2D eigenvalue weighted by Crippen LogP contribution is 2.21. The first-order valence-electron chi connectivity index (χ1n) is 7.96. The lowest BCUT2D eigenvalue weighted by atomic mass is 9.94. The summed E-state index contributed by atoms with van der Waals surface area (Å²) in [7, 11) is 2.23. The lowest BCUT2D eigenvalue weighted by Gasteiger charge is -2.28. The molecule has 0 radical (unpaired) electrons. The molecule has 0 aromatic carbocycles. The third-order valence-corrected chi connectivity index (χ3v) is 5.50. The predicted octanol–water partition coefficient (Wildman–Crippen LogP) is 2.83. The number of piperidine rings is 1. The molecule has 0 bridgehead atoms. The highest BCUT2D eigenvalue weighted by molar-refractivity contribution is 7.17. The fraction of sp³-hybridized carbons (Fsp3) is 0.688. The number of nitrogens with one attached hydrogen (secondary N) is 1. The van der Waals surface area contributed by atoms with Crippen molar-refractivity contribution < 1.29 is 0 Å². The summed E-state index contributed by atoms with van der Waals surface area (Å²) in [5.41, 5.74) is 2.48. The minimum absolute atomic E-state index is 0.906. The monoisotopic (exact) mass is 306 g/mol. The number of aromatic nitrogens is 2. The van der Waals surface area contributed by atoms with E-state index < -0.39 is 0 Å². The molecule has 0 atom stereocenters. The molecule has 116 valence electrons. The van der Waals surface area contributed by atoms with Crippen LogP contribution >= 0.6 is 11.3 Å². The summed E-state index contributed by atoms with van der Waals surface area (Å²) in [6, 6.07) is 0. The van der Waals surface area contributed by atoms with Crippen LogP contribution in [0.5, 0.6) is 0 Å². The van der Waals surface area contributed by atoms with Gasteiger partial charge < -0.3 is 10.2 Å². The molecule has 2 aromatic rings. The maximum absolute atomic E-state index is 4.65. The Morgan fingerprint density at radius 3 is 2.86 bits per heavy atom. The Morgan fingerprint density at radius 2 is 2.10 bits per heavy atom. The van der Waals surface area contributed by atoms with Crippen molar-refractivity contribution in [1.29, 1.82) is 0 Å². The summed E-state index contributed by atoms with van der Waals surface area (Å²) in [4.78, 5) is 9.53. The zero-order chi connectivity index (χ0) is 14.8. The topological polar surface area (TPSA) is 32.6 Å². The number of rotatable bonds is 5. The Hall–Kier alpha value is -0.910. The molecule has 0 unspecified atom stereocenters. The van der Waals surface area contributed by atoms with E-state index in [0.29, 0.717) is 0 Å². The van der Waals surface area contributed by atoms with Crippen molar-refractivity contribution >= 4 is 16.3 Å². The van der Waals surface area contributed by atoms with E-state index in [0.717, 1.165) is 29.7 Å². The summed E-state index contributed by atoms with van der Waals surface area (Å²) in [6.45, 7) is 8.83. The molecule has 1 aliphatic heterocycles. The molecule has 0 amide bonds. The molecule has 1 saturated heterocycles. The number of aryl methyl sites for hydroxylation is 2. The summed E-state index contributed by atoms with van der Waals surface area (Å²) in [6.07, 6.45) is 6.22. The van der Waals surface area contributed by atoms with Crippen LogP contribution in [0.4, 0.5) is 0 Å². The second-order valence-electron chi connectivity index (χ2n) is 6.35. The lowest BCUT2D eigenvalue weighted by molar-refractivity contribution is 0.211. The van der Waals surface area contributed by atoms with E-state index in [-0.39, 0.29) is 0 Å². The van der Waals surface area contributed by atoms with Crippen LogP contribution in [-0.2, 0) is 6.54 Å². The van der Waals surface area contributed by atoms with Crippen LogP contribution in [-0.4, -0.2) is 41.0 Å². The van der Waals surface area contributed by atoms with Gasteiger partial charge in [-0.3, -0.25) is 4.40 Å². The normalized spacial score (nSPS) is 17.9. The average molecular weight is 306 g/mol. The predicted molar refractivity (Wildman–Crippen MR) is 89.1 cm³/mol. The fourth-order valence-electron chi connectivity index (χ4n) is 3.19. The molecule has 3 heterocycles. The van der Waals surface area contributed by atoms with Crippen molar-refractivity contribution in [2.75, 3.05) is 26.7 Å². The van der Waals surface area contributed by atoms with Crippen LogP contribution in [0.2, 0.25) is 0 Å². The van der Waals surface area contributed by atoms with Gasteiger partial charge in [-0.2, -0.15) is 0 Å². The van der Waals surface area contributed by atoms with Crippen molar-refractivity contribution in [2.24, 2.45) is 5.92 Å². The highest BCUT2D eigenvalue weighted by atomic mass is 32.1. The summed E-state index contributed by atoms with van der Waals surface area (Å²) in [5, 5.41) is 3.62. The van der Waals surface area contributed by atoms with Gasteiger partial charge in [-0.15, -0.1) is 11.3 Å². The van der Waals surface area contributed by atoms with Gasteiger partial charge in [0.25, 0.3) is 0 Å². The van der Waals surface area contributed by atoms with E-state index in [1.807, 2.05) is 0 Å². The van der Waals surface area contributed by atoms with Gasteiger partial charge in [0.15, 0.2) is 4.96 Å². The molecule has 2 aromatic heterocycles. The van der Waals surface area contributed by atoms with E-state index in [9.17, 15) is 0 Å². The molecular formula is C16H26N4S. The third kappa shape index (κ3) is 3.47. The minimum atomic E-state index is 0.906. The first kappa shape index (κ1) is 15.0. The molecule has 0 saturated carbocycles. The van der Waals surface area contributed by atoms with Crippen molar-refractivity contribution in [3.63, 3.8) is 0 Å². The Bertz CT molecular complexity index is 593. The molecule has 0 aliphatic carbocycles. The fourth-order valence-corrected chi connectivity index (χ4v) is 4.08. The number of hydrogen-bond donors (Lipinski definition) is 1. The second-order valence-corrected chi connectivity index (χ2v) is 7.56. The van der Waals surface area contributed by atoms with E-state index in [1.165, 1.54) is 42.9 Å².